The van der Waals surface area contributed by atoms with Gasteiger partial charge in [0.15, 0.2) is 0 Å². The number of benzene rings is 11. The molecule has 6 heteroatoms. The van der Waals surface area contributed by atoms with Crippen molar-refractivity contribution in [2.24, 2.45) is 0 Å². The normalized spacial score (nSPS) is 14.1. The summed E-state index contributed by atoms with van der Waals surface area (Å²) < 4.78 is 7.82. The van der Waals surface area contributed by atoms with Crippen LogP contribution in [0, 0.1) is 0 Å². The molecule has 2 aliphatic rings. The van der Waals surface area contributed by atoms with Crippen molar-refractivity contribution in [3.05, 3.63) is 251 Å². The first-order valence-electron chi connectivity index (χ1n) is 38.2. The molecule has 104 heavy (non-hydrogen) atoms. The van der Waals surface area contributed by atoms with Crippen LogP contribution in [0.2, 0.25) is 0 Å². The molecule has 0 saturated heterocycles. The summed E-state index contributed by atoms with van der Waals surface area (Å²) >= 11 is 0. The molecular weight excluding hydrogens is 1260 g/mol. The van der Waals surface area contributed by atoms with E-state index in [0.29, 0.717) is 0 Å². The molecule has 2 aliphatic heterocycles. The van der Waals surface area contributed by atoms with Gasteiger partial charge in [-0.1, -0.05) is 275 Å². The summed E-state index contributed by atoms with van der Waals surface area (Å²) in [6.45, 7) is 56.0. The SMILES string of the molecule is CC(C)(C)c1ccc(N2c3cc(-n4c5cc(C(C)(C)C)ccc5c5ccc(C(C)(C)C)cc54)ccc3B3c4ccc(-n5c6cc(C(C)(C)C)ccc6c6ccc(C(C)(C)C)cc65)cc4N(c4ccc(C(C)(C)C)cc4)c4cc(-n5c6cc(C(C)(C)C)ccc6c6ccc(C(C)(C)C)cc65)cc2c43)cc1. The van der Waals surface area contributed by atoms with Gasteiger partial charge < -0.3 is 23.5 Å². The van der Waals surface area contributed by atoms with Crippen molar-refractivity contribution in [1.82, 2.24) is 13.7 Å². The van der Waals surface area contributed by atoms with Crippen molar-refractivity contribution in [3.63, 3.8) is 0 Å². The standard InChI is InChI=1S/C98H106BN5/c1-91(2,3)59-25-35-67(36-26-59)100-86-55-69(102-80-49-61(93(7,8)9)29-41-72(80)73-42-30-62(50-81(73)102)94(10,11)12)39-47-78(86)99-79-48-40-70(103-82-51-63(95(13,14)15)31-43-74(82)75-44-32-64(52-83(75)103)96(16,17)18)56-87(79)101(68-37-27-60(28-38-68)92(4,5)6)89-58-71(57-88(100)90(89)99)104-84-53-65(97(19,20)21)33-45-76(84)77-46-34-66(54-85(77)104)98(22,23)24/h25-58H,1-24H3. The second-order valence-electron chi connectivity index (χ2n) is 39.0. The minimum atomic E-state index is -0.188. The van der Waals surface area contributed by atoms with E-state index < -0.39 is 0 Å². The van der Waals surface area contributed by atoms with Gasteiger partial charge in [0.25, 0.3) is 6.71 Å². The first-order valence-corrected chi connectivity index (χ1v) is 38.2. The Morgan fingerprint density at radius 1 is 0.192 bits per heavy atom. The summed E-state index contributed by atoms with van der Waals surface area (Å²) in [5.74, 6) is 0. The topological polar surface area (TPSA) is 21.3 Å². The fourth-order valence-corrected chi connectivity index (χ4v) is 16.8. The third-order valence-corrected chi connectivity index (χ3v) is 23.3. The Bertz CT molecular complexity index is 5360. The molecule has 5 nitrogen and oxygen atoms in total. The van der Waals surface area contributed by atoms with E-state index in [0.717, 1.165) is 51.2 Å². The molecule has 0 N–H and O–H groups in total. The number of rotatable bonds is 5. The first-order chi connectivity index (χ1) is 48.6. The van der Waals surface area contributed by atoms with Gasteiger partial charge in [-0.25, -0.2) is 0 Å². The number of aromatic nitrogens is 3. The van der Waals surface area contributed by atoms with Crippen molar-refractivity contribution in [2.75, 3.05) is 9.80 Å². The highest BCUT2D eigenvalue weighted by Gasteiger charge is 2.45. The highest BCUT2D eigenvalue weighted by molar-refractivity contribution is 7.00. The zero-order valence-electron chi connectivity index (χ0n) is 66.4. The van der Waals surface area contributed by atoms with E-state index >= 15 is 0 Å². The minimum absolute atomic E-state index is 0.0625. The van der Waals surface area contributed by atoms with Crippen molar-refractivity contribution in [1.29, 1.82) is 0 Å². The maximum atomic E-state index is 2.66. The van der Waals surface area contributed by atoms with Crippen LogP contribution in [0.15, 0.2) is 206 Å². The monoisotopic (exact) mass is 1360 g/mol. The van der Waals surface area contributed by atoms with Crippen LogP contribution in [-0.2, 0) is 43.3 Å². The molecule has 14 aromatic rings. The second-order valence-corrected chi connectivity index (χ2v) is 39.0. The van der Waals surface area contributed by atoms with E-state index in [-0.39, 0.29) is 50.0 Å². The quantitative estimate of drug-likeness (QED) is 0.160. The third kappa shape index (κ3) is 11.2. The molecule has 0 unspecified atom stereocenters. The van der Waals surface area contributed by atoms with Crippen molar-refractivity contribution >= 4 is 123 Å². The van der Waals surface area contributed by atoms with E-state index in [1.807, 2.05) is 0 Å². The Morgan fingerprint density at radius 2 is 0.394 bits per heavy atom. The average Bonchev–Trinajstić information content (AvgIpc) is 0.829. The summed E-state index contributed by atoms with van der Waals surface area (Å²) in [6, 6.07) is 82.8. The first kappa shape index (κ1) is 68.9. The molecule has 526 valence electrons. The lowest BCUT2D eigenvalue weighted by Crippen LogP contribution is -2.61. The van der Waals surface area contributed by atoms with Crippen LogP contribution < -0.4 is 26.2 Å². The molecule has 3 aromatic heterocycles. The van der Waals surface area contributed by atoms with Gasteiger partial charge in [-0.3, -0.25) is 0 Å². The van der Waals surface area contributed by atoms with Crippen LogP contribution >= 0.6 is 0 Å². The molecule has 0 atom stereocenters. The van der Waals surface area contributed by atoms with Gasteiger partial charge in [-0.15, -0.1) is 0 Å². The van der Waals surface area contributed by atoms with Crippen molar-refractivity contribution in [3.8, 4) is 17.1 Å². The molecule has 0 amide bonds. The van der Waals surface area contributed by atoms with Gasteiger partial charge >= 0.3 is 0 Å². The fourth-order valence-electron chi connectivity index (χ4n) is 16.8. The van der Waals surface area contributed by atoms with Crippen LogP contribution in [0.4, 0.5) is 34.1 Å². The predicted octanol–water partition coefficient (Wildman–Crippen LogP) is 25.4. The lowest BCUT2D eigenvalue weighted by Gasteiger charge is -2.45. The fraction of sp³-hybridized carbons (Fsp3) is 0.327. The van der Waals surface area contributed by atoms with Crippen LogP contribution in [0.3, 0.4) is 0 Å². The summed E-state index contributed by atoms with van der Waals surface area (Å²) in [7, 11) is 0. The molecule has 0 bridgehead atoms. The third-order valence-electron chi connectivity index (χ3n) is 23.3. The van der Waals surface area contributed by atoms with Crippen molar-refractivity contribution < 1.29 is 0 Å². The Hall–Kier alpha value is -9.52. The van der Waals surface area contributed by atoms with Gasteiger partial charge in [0.1, 0.15) is 0 Å². The molecular formula is C98H106BN5. The van der Waals surface area contributed by atoms with Gasteiger partial charge in [-0.2, -0.15) is 0 Å². The highest BCUT2D eigenvalue weighted by Crippen LogP contribution is 2.50. The van der Waals surface area contributed by atoms with Crippen molar-refractivity contribution in [2.45, 2.75) is 209 Å². The molecule has 0 fully saturated rings. The van der Waals surface area contributed by atoms with E-state index in [4.69, 9.17) is 0 Å². The molecule has 0 radical (unpaired) electrons. The summed E-state index contributed by atoms with van der Waals surface area (Å²) in [4.78, 5) is 5.32. The summed E-state index contributed by atoms with van der Waals surface area (Å²) in [5, 5.41) is 7.54. The Kier molecular flexibility index (Phi) is 15.2. The second kappa shape index (κ2) is 23.0. The number of nitrogens with zero attached hydrogens (tertiary/aromatic N) is 5. The van der Waals surface area contributed by atoms with Crippen LogP contribution in [0.25, 0.3) is 82.5 Å². The van der Waals surface area contributed by atoms with E-state index in [2.05, 4.69) is 396 Å². The average molecular weight is 1360 g/mol. The maximum absolute atomic E-state index is 2.66. The predicted molar refractivity (Wildman–Crippen MR) is 453 cm³/mol. The van der Waals surface area contributed by atoms with E-state index in [9.17, 15) is 0 Å². The molecule has 11 aromatic carbocycles. The maximum Gasteiger partial charge on any atom is 0.252 e. The minimum Gasteiger partial charge on any atom is -0.311 e. The van der Waals surface area contributed by atoms with E-state index in [1.165, 1.54) is 126 Å². The lowest BCUT2D eigenvalue weighted by molar-refractivity contribution is 0.590. The Balaban J connectivity index is 1.08. The molecule has 0 aliphatic carbocycles. The van der Waals surface area contributed by atoms with Crippen LogP contribution in [0.1, 0.15) is 211 Å². The summed E-state index contributed by atoms with van der Waals surface area (Å²) in [6.07, 6.45) is 0. The largest absolute Gasteiger partial charge is 0.311 e. The van der Waals surface area contributed by atoms with E-state index in [1.54, 1.807) is 0 Å². The van der Waals surface area contributed by atoms with Gasteiger partial charge in [0.2, 0.25) is 0 Å². The van der Waals surface area contributed by atoms with Crippen LogP contribution in [0.5, 0.6) is 0 Å². The Morgan fingerprint density at radius 3 is 0.625 bits per heavy atom. The molecule has 0 saturated carbocycles. The summed E-state index contributed by atoms with van der Waals surface area (Å²) in [5.41, 5.74) is 31.2. The number of hydrogen-bond donors (Lipinski definition) is 0. The Labute approximate surface area is 619 Å². The molecule has 0 spiro atoms. The zero-order chi connectivity index (χ0) is 74.0. The van der Waals surface area contributed by atoms with Crippen LogP contribution in [-0.4, -0.2) is 20.4 Å². The number of hydrogen-bond acceptors (Lipinski definition) is 2. The number of anilines is 6. The van der Waals surface area contributed by atoms with Gasteiger partial charge in [0.05, 0.1) is 38.8 Å². The zero-order valence-corrected chi connectivity index (χ0v) is 66.4. The molecule has 16 rings (SSSR count). The van der Waals surface area contributed by atoms with Gasteiger partial charge in [0, 0.05) is 77.8 Å². The smallest absolute Gasteiger partial charge is 0.252 e. The highest BCUT2D eigenvalue weighted by atomic mass is 15.2. The number of fused-ring (bicyclic) bond motifs is 13. The molecule has 5 heterocycles. The lowest BCUT2D eigenvalue weighted by atomic mass is 9.33. The van der Waals surface area contributed by atoms with Gasteiger partial charge in [-0.05, 0) is 201 Å².